The van der Waals surface area contributed by atoms with Gasteiger partial charge in [-0.3, -0.25) is 9.69 Å². The molecule has 0 saturated carbocycles. The van der Waals surface area contributed by atoms with Gasteiger partial charge in [-0.15, -0.1) is 0 Å². The van der Waals surface area contributed by atoms with E-state index in [-0.39, 0.29) is 5.91 Å². The topological polar surface area (TPSA) is 64.1 Å². The largest absolute Gasteiger partial charge is 0.493 e. The Balaban J connectivity index is 0.936. The molecule has 1 fully saturated rings. The van der Waals surface area contributed by atoms with Crippen LogP contribution in [0.5, 0.6) is 23.1 Å². The molecule has 0 spiro atoms. The van der Waals surface area contributed by atoms with Gasteiger partial charge in [-0.05, 0) is 78.6 Å². The summed E-state index contributed by atoms with van der Waals surface area (Å²) >= 11 is 12.8. The number of carbonyl (C=O) groups is 1. The predicted molar refractivity (Wildman–Crippen MR) is 204 cm³/mol. The SMILES string of the molecule is Cc1ccc(OCCc2ccc(CN3CCN(C(=O)C=Cc4cc(Cl)c(Oc5ccc(OCc6ccccc6Cl)cn5)cc4C)CC3)cc2)cc1. The molecule has 1 saturated heterocycles. The first-order chi connectivity index (χ1) is 24.8. The summed E-state index contributed by atoms with van der Waals surface area (Å²) in [4.78, 5) is 21.7. The summed E-state index contributed by atoms with van der Waals surface area (Å²) in [6, 6.07) is 31.6. The van der Waals surface area contributed by atoms with E-state index in [1.165, 1.54) is 16.7 Å². The van der Waals surface area contributed by atoms with Crippen LogP contribution in [0.2, 0.25) is 10.0 Å². The molecular weight excluding hydrogens is 681 g/mol. The Hall–Kier alpha value is -4.82. The number of piperazine rings is 1. The number of nitrogens with zero attached hydrogens (tertiary/aromatic N) is 3. The summed E-state index contributed by atoms with van der Waals surface area (Å²) in [5.41, 5.74) is 6.42. The van der Waals surface area contributed by atoms with E-state index in [2.05, 4.69) is 53.2 Å². The molecule has 0 radical (unpaired) electrons. The monoisotopic (exact) mass is 721 g/mol. The van der Waals surface area contributed by atoms with E-state index < -0.39 is 0 Å². The molecule has 9 heteroatoms. The Bertz CT molecular complexity index is 1940. The van der Waals surface area contributed by atoms with Crippen LogP contribution in [0, 0.1) is 13.8 Å². The molecular formula is C42H41Cl2N3O4. The zero-order valence-corrected chi connectivity index (χ0v) is 30.4. The molecule has 1 amide bonds. The van der Waals surface area contributed by atoms with Crippen molar-refractivity contribution in [1.82, 2.24) is 14.8 Å². The van der Waals surface area contributed by atoms with E-state index in [0.717, 1.165) is 48.5 Å². The van der Waals surface area contributed by atoms with Gasteiger partial charge in [0.1, 0.15) is 23.9 Å². The zero-order chi connectivity index (χ0) is 35.6. The molecule has 7 nitrogen and oxygen atoms in total. The van der Waals surface area contributed by atoms with Crippen molar-refractivity contribution >= 4 is 35.2 Å². The summed E-state index contributed by atoms with van der Waals surface area (Å²) in [7, 11) is 0. The highest BCUT2D eigenvalue weighted by Crippen LogP contribution is 2.32. The van der Waals surface area contributed by atoms with Gasteiger partial charge in [0.25, 0.3) is 0 Å². The normalized spacial score (nSPS) is 13.4. The Morgan fingerprint density at radius 3 is 2.25 bits per heavy atom. The molecule has 1 aliphatic heterocycles. The number of aryl methyl sites for hydroxylation is 2. The Morgan fingerprint density at radius 2 is 1.53 bits per heavy atom. The average molecular weight is 723 g/mol. The van der Waals surface area contributed by atoms with Crippen molar-refractivity contribution in [2.24, 2.45) is 0 Å². The second-order valence-electron chi connectivity index (χ2n) is 12.6. The van der Waals surface area contributed by atoms with E-state index >= 15 is 0 Å². The molecule has 0 N–H and O–H groups in total. The van der Waals surface area contributed by atoms with Crippen LogP contribution in [0.25, 0.3) is 6.08 Å². The molecule has 51 heavy (non-hydrogen) atoms. The van der Waals surface area contributed by atoms with Gasteiger partial charge in [0.05, 0.1) is 17.8 Å². The molecule has 262 valence electrons. The van der Waals surface area contributed by atoms with Crippen molar-refractivity contribution in [2.75, 3.05) is 32.8 Å². The molecule has 0 bridgehead atoms. The lowest BCUT2D eigenvalue weighted by molar-refractivity contribution is -0.127. The van der Waals surface area contributed by atoms with Crippen molar-refractivity contribution in [3.63, 3.8) is 0 Å². The second kappa shape index (κ2) is 17.4. The number of aromatic nitrogens is 1. The first kappa shape index (κ1) is 36.0. The van der Waals surface area contributed by atoms with E-state index in [1.54, 1.807) is 30.5 Å². The van der Waals surface area contributed by atoms with Gasteiger partial charge >= 0.3 is 0 Å². The van der Waals surface area contributed by atoms with Crippen LogP contribution in [-0.2, 0) is 24.4 Å². The maximum absolute atomic E-state index is 13.1. The van der Waals surface area contributed by atoms with E-state index in [4.69, 9.17) is 37.4 Å². The predicted octanol–water partition coefficient (Wildman–Crippen LogP) is 9.36. The van der Waals surface area contributed by atoms with Crippen LogP contribution >= 0.6 is 23.2 Å². The molecule has 2 heterocycles. The van der Waals surface area contributed by atoms with Crippen LogP contribution < -0.4 is 14.2 Å². The zero-order valence-electron chi connectivity index (χ0n) is 28.9. The van der Waals surface area contributed by atoms with Gasteiger partial charge in [0, 0.05) is 61.9 Å². The first-order valence-electron chi connectivity index (χ1n) is 17.1. The highest BCUT2D eigenvalue weighted by atomic mass is 35.5. The third-order valence-corrected chi connectivity index (χ3v) is 9.46. The number of hydrogen-bond acceptors (Lipinski definition) is 6. The molecule has 0 atom stereocenters. The van der Waals surface area contributed by atoms with Crippen molar-refractivity contribution in [3.05, 3.63) is 153 Å². The Labute approximate surface area is 310 Å². The first-order valence-corrected chi connectivity index (χ1v) is 17.8. The lowest BCUT2D eigenvalue weighted by Crippen LogP contribution is -2.47. The van der Waals surface area contributed by atoms with Crippen LogP contribution in [-0.4, -0.2) is 53.5 Å². The summed E-state index contributed by atoms with van der Waals surface area (Å²) in [6.45, 7) is 8.89. The van der Waals surface area contributed by atoms with Crippen LogP contribution in [0.4, 0.5) is 0 Å². The number of amides is 1. The third-order valence-electron chi connectivity index (χ3n) is 8.80. The number of rotatable bonds is 13. The minimum absolute atomic E-state index is 0.0104. The van der Waals surface area contributed by atoms with E-state index in [1.807, 2.05) is 60.4 Å². The van der Waals surface area contributed by atoms with Gasteiger partial charge in [-0.1, -0.05) is 83.4 Å². The van der Waals surface area contributed by atoms with Crippen molar-refractivity contribution in [1.29, 1.82) is 0 Å². The second-order valence-corrected chi connectivity index (χ2v) is 13.4. The number of benzene rings is 4. The highest BCUT2D eigenvalue weighted by Gasteiger charge is 2.20. The summed E-state index contributed by atoms with van der Waals surface area (Å²) in [5, 5.41) is 1.08. The maximum Gasteiger partial charge on any atom is 0.246 e. The minimum Gasteiger partial charge on any atom is -0.493 e. The van der Waals surface area contributed by atoms with Crippen molar-refractivity contribution < 1.29 is 19.0 Å². The average Bonchev–Trinajstić information content (AvgIpc) is 3.14. The smallest absolute Gasteiger partial charge is 0.246 e. The molecule has 1 aromatic heterocycles. The van der Waals surface area contributed by atoms with Crippen LogP contribution in [0.1, 0.15) is 33.4 Å². The molecule has 0 aliphatic carbocycles. The number of pyridine rings is 1. The number of halogens is 2. The fraction of sp³-hybridized carbons (Fsp3) is 0.238. The summed E-state index contributed by atoms with van der Waals surface area (Å²) in [5.74, 6) is 2.35. The Morgan fingerprint density at radius 1 is 0.804 bits per heavy atom. The minimum atomic E-state index is -0.0104. The molecule has 1 aliphatic rings. The number of hydrogen-bond donors (Lipinski definition) is 0. The fourth-order valence-corrected chi connectivity index (χ4v) is 6.11. The van der Waals surface area contributed by atoms with Crippen LogP contribution in [0.3, 0.4) is 0 Å². The molecule has 4 aromatic carbocycles. The molecule has 5 aromatic rings. The van der Waals surface area contributed by atoms with Crippen LogP contribution in [0.15, 0.2) is 109 Å². The molecule has 0 unspecified atom stereocenters. The van der Waals surface area contributed by atoms with Gasteiger partial charge in [0.15, 0.2) is 0 Å². The number of carbonyl (C=O) groups excluding carboxylic acids is 1. The fourth-order valence-electron chi connectivity index (χ4n) is 5.71. The lowest BCUT2D eigenvalue weighted by Gasteiger charge is -2.34. The quantitative estimate of drug-likeness (QED) is 0.113. The summed E-state index contributed by atoms with van der Waals surface area (Å²) < 4.78 is 17.7. The standard InChI is InChI=1S/C42H41Cl2N3O4/c1-30-7-14-36(15-8-30)49-24-19-32-9-11-33(12-10-32)28-46-20-22-47(23-21-46)42(48)18-13-34-26-39(44)40(25-31(34)2)51-41-17-16-37(27-45-41)50-29-35-5-3-4-6-38(35)43/h3-18,25-27H,19-24,28-29H2,1-2H3. The van der Waals surface area contributed by atoms with Gasteiger partial charge in [0.2, 0.25) is 11.8 Å². The summed E-state index contributed by atoms with van der Waals surface area (Å²) in [6.07, 6.45) is 5.90. The lowest BCUT2D eigenvalue weighted by atomic mass is 10.1. The highest BCUT2D eigenvalue weighted by molar-refractivity contribution is 6.32. The third kappa shape index (κ3) is 10.4. The molecule has 6 rings (SSSR count). The van der Waals surface area contributed by atoms with Crippen molar-refractivity contribution in [2.45, 2.75) is 33.4 Å². The van der Waals surface area contributed by atoms with Gasteiger partial charge < -0.3 is 19.1 Å². The van der Waals surface area contributed by atoms with Gasteiger partial charge in [-0.2, -0.15) is 0 Å². The van der Waals surface area contributed by atoms with E-state index in [0.29, 0.717) is 53.7 Å². The Kier molecular flexibility index (Phi) is 12.3. The van der Waals surface area contributed by atoms with Crippen molar-refractivity contribution in [3.8, 4) is 23.1 Å². The maximum atomic E-state index is 13.1. The van der Waals surface area contributed by atoms with E-state index in [9.17, 15) is 4.79 Å². The number of ether oxygens (including phenoxy) is 3. The van der Waals surface area contributed by atoms with Gasteiger partial charge in [-0.25, -0.2) is 4.98 Å².